The molecule has 0 spiro atoms. The highest BCUT2D eigenvalue weighted by atomic mass is 16.5. The summed E-state index contributed by atoms with van der Waals surface area (Å²) in [6, 6.07) is 6.65. The maximum absolute atomic E-state index is 11.2. The zero-order valence-electron chi connectivity index (χ0n) is 8.32. The maximum Gasteiger partial charge on any atom is 0.336 e. The molecular weight excluding hydrogens is 194 g/mol. The van der Waals surface area contributed by atoms with E-state index < -0.39 is 0 Å². The van der Waals surface area contributed by atoms with Crippen LogP contribution >= 0.6 is 0 Å². The van der Waals surface area contributed by atoms with E-state index in [1.54, 1.807) is 19.2 Å². The van der Waals surface area contributed by atoms with Crippen molar-refractivity contribution < 1.29 is 9.15 Å². The molecule has 4 nitrogen and oxygen atoms in total. The van der Waals surface area contributed by atoms with E-state index in [1.807, 2.05) is 6.07 Å². The maximum atomic E-state index is 11.2. The first-order chi connectivity index (χ1) is 7.20. The van der Waals surface area contributed by atoms with Gasteiger partial charge in [0.15, 0.2) is 0 Å². The lowest BCUT2D eigenvalue weighted by atomic mass is 10.1. The molecule has 0 aliphatic heterocycles. The summed E-state index contributed by atoms with van der Waals surface area (Å²) in [7, 11) is 1.58. The van der Waals surface area contributed by atoms with Crippen LogP contribution in [0.1, 0.15) is 5.56 Å². The lowest BCUT2D eigenvalue weighted by molar-refractivity contribution is 0.185. The van der Waals surface area contributed by atoms with E-state index in [4.69, 9.17) is 14.9 Å². The molecule has 4 heteroatoms. The second-order valence-electron chi connectivity index (χ2n) is 3.28. The monoisotopic (exact) mass is 205 g/mol. The Hall–Kier alpha value is -1.81. The first-order valence-electron chi connectivity index (χ1n) is 4.52. The van der Waals surface area contributed by atoms with Crippen molar-refractivity contribution in [3.05, 3.63) is 40.2 Å². The third-order valence-corrected chi connectivity index (χ3v) is 2.15. The van der Waals surface area contributed by atoms with Gasteiger partial charge in [-0.3, -0.25) is 0 Å². The standard InChI is InChI=1S/C11H11NO3/c1-14-6-7-4-11(13)15-10-5-8(12)2-3-9(7)10/h2-5H,6,12H2,1H3. The fourth-order valence-electron chi connectivity index (χ4n) is 1.52. The molecule has 15 heavy (non-hydrogen) atoms. The molecule has 1 aromatic carbocycles. The molecule has 0 aliphatic rings. The van der Waals surface area contributed by atoms with Crippen LogP contribution in [0, 0.1) is 0 Å². The molecular formula is C11H11NO3. The van der Waals surface area contributed by atoms with Gasteiger partial charge in [-0.05, 0) is 17.7 Å². The number of benzene rings is 1. The minimum absolute atomic E-state index is 0.381. The third kappa shape index (κ3) is 1.85. The molecule has 0 radical (unpaired) electrons. The van der Waals surface area contributed by atoms with Crippen molar-refractivity contribution in [1.29, 1.82) is 0 Å². The summed E-state index contributed by atoms with van der Waals surface area (Å²) in [4.78, 5) is 11.2. The average molecular weight is 205 g/mol. The van der Waals surface area contributed by atoms with Gasteiger partial charge in [0.05, 0.1) is 6.61 Å². The van der Waals surface area contributed by atoms with Crippen LogP contribution in [0.15, 0.2) is 33.5 Å². The zero-order valence-corrected chi connectivity index (χ0v) is 8.32. The van der Waals surface area contributed by atoms with Gasteiger partial charge in [-0.25, -0.2) is 4.79 Å². The van der Waals surface area contributed by atoms with Crippen LogP contribution in [0.25, 0.3) is 11.0 Å². The van der Waals surface area contributed by atoms with Crippen molar-refractivity contribution in [1.82, 2.24) is 0 Å². The summed E-state index contributed by atoms with van der Waals surface area (Å²) in [5.74, 6) is 0. The van der Waals surface area contributed by atoms with Crippen LogP contribution in [0.3, 0.4) is 0 Å². The smallest absolute Gasteiger partial charge is 0.336 e. The van der Waals surface area contributed by atoms with Crippen LogP contribution in [0.4, 0.5) is 5.69 Å². The van der Waals surface area contributed by atoms with E-state index in [9.17, 15) is 4.79 Å². The van der Waals surface area contributed by atoms with E-state index in [0.29, 0.717) is 17.9 Å². The van der Waals surface area contributed by atoms with Crippen LogP contribution in [0.5, 0.6) is 0 Å². The second-order valence-corrected chi connectivity index (χ2v) is 3.28. The lowest BCUT2D eigenvalue weighted by Gasteiger charge is -2.04. The molecule has 0 aliphatic carbocycles. The quantitative estimate of drug-likeness (QED) is 0.596. The van der Waals surface area contributed by atoms with Crippen molar-refractivity contribution in [2.75, 3.05) is 12.8 Å². The largest absolute Gasteiger partial charge is 0.423 e. The molecule has 1 heterocycles. The van der Waals surface area contributed by atoms with Crippen LogP contribution in [0.2, 0.25) is 0 Å². The Morgan fingerprint density at radius 3 is 2.93 bits per heavy atom. The number of anilines is 1. The van der Waals surface area contributed by atoms with Gasteiger partial charge >= 0.3 is 5.63 Å². The Kier molecular flexibility index (Phi) is 2.43. The molecule has 78 valence electrons. The van der Waals surface area contributed by atoms with E-state index in [1.165, 1.54) is 6.07 Å². The summed E-state index contributed by atoms with van der Waals surface area (Å²) in [6.45, 7) is 0.381. The van der Waals surface area contributed by atoms with Gasteiger partial charge in [0.1, 0.15) is 5.58 Å². The third-order valence-electron chi connectivity index (χ3n) is 2.15. The molecule has 0 saturated heterocycles. The molecule has 2 rings (SSSR count). The number of hydrogen-bond donors (Lipinski definition) is 1. The highest BCUT2D eigenvalue weighted by Crippen LogP contribution is 2.19. The SMILES string of the molecule is COCc1cc(=O)oc2cc(N)ccc12. The predicted octanol–water partition coefficient (Wildman–Crippen LogP) is 1.52. The van der Waals surface area contributed by atoms with Gasteiger partial charge in [0.25, 0.3) is 0 Å². The lowest BCUT2D eigenvalue weighted by Crippen LogP contribution is -2.01. The average Bonchev–Trinajstić information content (AvgIpc) is 2.17. The molecule has 1 aromatic heterocycles. The Bertz CT molecular complexity index is 545. The van der Waals surface area contributed by atoms with Crippen molar-refractivity contribution in [3.8, 4) is 0 Å². The molecule has 2 N–H and O–H groups in total. The number of methoxy groups -OCH3 is 1. The van der Waals surface area contributed by atoms with Crippen LogP contribution < -0.4 is 11.4 Å². The molecule has 0 bridgehead atoms. The molecule has 0 unspecified atom stereocenters. The second kappa shape index (κ2) is 3.74. The number of nitrogens with two attached hydrogens (primary N) is 1. The molecule has 2 aromatic rings. The van der Waals surface area contributed by atoms with Crippen molar-refractivity contribution in [2.45, 2.75) is 6.61 Å². The highest BCUT2D eigenvalue weighted by molar-refractivity contribution is 5.82. The number of rotatable bonds is 2. The molecule has 0 fully saturated rings. The van der Waals surface area contributed by atoms with E-state index in [0.717, 1.165) is 10.9 Å². The van der Waals surface area contributed by atoms with Gasteiger partial charge < -0.3 is 14.9 Å². The van der Waals surface area contributed by atoms with Gasteiger partial charge in [-0.15, -0.1) is 0 Å². The molecule has 0 saturated carbocycles. The van der Waals surface area contributed by atoms with Gasteiger partial charge in [0.2, 0.25) is 0 Å². The molecule has 0 amide bonds. The fourth-order valence-corrected chi connectivity index (χ4v) is 1.52. The van der Waals surface area contributed by atoms with Crippen molar-refractivity contribution in [3.63, 3.8) is 0 Å². The fraction of sp³-hybridized carbons (Fsp3) is 0.182. The summed E-state index contributed by atoms with van der Waals surface area (Å²) in [6.07, 6.45) is 0. The topological polar surface area (TPSA) is 65.5 Å². The predicted molar refractivity (Wildman–Crippen MR) is 57.6 cm³/mol. The van der Waals surface area contributed by atoms with E-state index >= 15 is 0 Å². The first kappa shape index (κ1) is 9.73. The minimum atomic E-state index is -0.389. The van der Waals surface area contributed by atoms with Crippen molar-refractivity contribution >= 4 is 16.7 Å². The zero-order chi connectivity index (χ0) is 10.8. The van der Waals surface area contributed by atoms with Gasteiger partial charge in [0, 0.05) is 30.3 Å². The van der Waals surface area contributed by atoms with E-state index in [-0.39, 0.29) is 5.63 Å². The normalized spacial score (nSPS) is 10.7. The Labute approximate surface area is 86.3 Å². The summed E-state index contributed by atoms with van der Waals surface area (Å²) in [5, 5.41) is 0.852. The number of ether oxygens (including phenoxy) is 1. The Balaban J connectivity index is 2.74. The van der Waals surface area contributed by atoms with Crippen LogP contribution in [-0.2, 0) is 11.3 Å². The number of nitrogen functional groups attached to an aromatic ring is 1. The summed E-state index contributed by atoms with van der Waals surface area (Å²) >= 11 is 0. The number of hydrogen-bond acceptors (Lipinski definition) is 4. The van der Waals surface area contributed by atoms with Crippen molar-refractivity contribution in [2.24, 2.45) is 0 Å². The Morgan fingerprint density at radius 1 is 1.40 bits per heavy atom. The first-order valence-corrected chi connectivity index (χ1v) is 4.52. The summed E-state index contributed by atoms with van der Waals surface area (Å²) in [5.41, 5.74) is 7.09. The summed E-state index contributed by atoms with van der Waals surface area (Å²) < 4.78 is 10.0. The highest BCUT2D eigenvalue weighted by Gasteiger charge is 2.05. The van der Waals surface area contributed by atoms with Gasteiger partial charge in [-0.1, -0.05) is 0 Å². The number of fused-ring (bicyclic) bond motifs is 1. The minimum Gasteiger partial charge on any atom is -0.423 e. The molecule has 0 atom stereocenters. The van der Waals surface area contributed by atoms with Gasteiger partial charge in [-0.2, -0.15) is 0 Å². The Morgan fingerprint density at radius 2 is 2.20 bits per heavy atom. The van der Waals surface area contributed by atoms with Crippen LogP contribution in [-0.4, -0.2) is 7.11 Å². The van der Waals surface area contributed by atoms with E-state index in [2.05, 4.69) is 0 Å².